The van der Waals surface area contributed by atoms with E-state index in [0.29, 0.717) is 29.0 Å². The SMILES string of the molecule is CC.N=C(CC(=O)O)c1ccccc1NCc1ccc(NC(=O)c2ccc3ccccc3c2)cc1. The number of carbonyl (C=O) groups is 2. The van der Waals surface area contributed by atoms with E-state index in [1.165, 1.54) is 0 Å². The average molecular weight is 468 g/mol. The Balaban J connectivity index is 0.00000167. The molecule has 0 saturated carbocycles. The van der Waals surface area contributed by atoms with Gasteiger partial charge in [0.15, 0.2) is 0 Å². The van der Waals surface area contributed by atoms with Gasteiger partial charge >= 0.3 is 5.97 Å². The molecule has 4 aromatic carbocycles. The van der Waals surface area contributed by atoms with Gasteiger partial charge in [0, 0.05) is 29.0 Å². The summed E-state index contributed by atoms with van der Waals surface area (Å²) in [6.45, 7) is 4.50. The van der Waals surface area contributed by atoms with Crippen molar-refractivity contribution < 1.29 is 14.7 Å². The van der Waals surface area contributed by atoms with Crippen molar-refractivity contribution in [2.75, 3.05) is 10.6 Å². The Labute approximate surface area is 205 Å². The minimum Gasteiger partial charge on any atom is -0.481 e. The van der Waals surface area contributed by atoms with Crippen molar-refractivity contribution in [3.8, 4) is 0 Å². The zero-order valence-corrected chi connectivity index (χ0v) is 19.8. The van der Waals surface area contributed by atoms with Gasteiger partial charge in [0.25, 0.3) is 5.91 Å². The van der Waals surface area contributed by atoms with Crippen LogP contribution in [0.5, 0.6) is 0 Å². The van der Waals surface area contributed by atoms with Gasteiger partial charge in [-0.05, 0) is 46.7 Å². The molecule has 4 rings (SSSR count). The third-order valence-electron chi connectivity index (χ3n) is 5.29. The minimum atomic E-state index is -1.03. The molecule has 0 aromatic heterocycles. The van der Waals surface area contributed by atoms with Crippen LogP contribution < -0.4 is 10.6 Å². The third-order valence-corrected chi connectivity index (χ3v) is 5.29. The number of amides is 1. The van der Waals surface area contributed by atoms with E-state index in [0.717, 1.165) is 16.3 Å². The van der Waals surface area contributed by atoms with Crippen molar-refractivity contribution in [2.45, 2.75) is 26.8 Å². The molecule has 4 N–H and O–H groups in total. The van der Waals surface area contributed by atoms with Gasteiger partial charge < -0.3 is 21.1 Å². The zero-order valence-electron chi connectivity index (χ0n) is 19.8. The van der Waals surface area contributed by atoms with Crippen LogP contribution in [-0.2, 0) is 11.3 Å². The lowest BCUT2D eigenvalue weighted by atomic mass is 10.0. The first-order chi connectivity index (χ1) is 17.0. The highest BCUT2D eigenvalue weighted by molar-refractivity contribution is 6.10. The number of carbonyl (C=O) groups excluding carboxylic acids is 1. The molecule has 0 fully saturated rings. The highest BCUT2D eigenvalue weighted by atomic mass is 16.4. The summed E-state index contributed by atoms with van der Waals surface area (Å²) in [5, 5.41) is 25.3. The van der Waals surface area contributed by atoms with Crippen molar-refractivity contribution in [1.82, 2.24) is 0 Å². The van der Waals surface area contributed by atoms with Gasteiger partial charge in [0.1, 0.15) is 0 Å². The lowest BCUT2D eigenvalue weighted by Gasteiger charge is -2.13. The van der Waals surface area contributed by atoms with Crippen LogP contribution in [-0.4, -0.2) is 22.7 Å². The Morgan fingerprint density at radius 2 is 1.49 bits per heavy atom. The molecule has 4 aromatic rings. The Morgan fingerprint density at radius 3 is 2.20 bits per heavy atom. The summed E-state index contributed by atoms with van der Waals surface area (Å²) in [4.78, 5) is 23.6. The number of hydrogen-bond donors (Lipinski definition) is 4. The van der Waals surface area contributed by atoms with Crippen LogP contribution >= 0.6 is 0 Å². The maximum atomic E-state index is 12.6. The number of aliphatic carboxylic acids is 1. The van der Waals surface area contributed by atoms with Crippen LogP contribution in [0.3, 0.4) is 0 Å². The molecule has 0 bridgehead atoms. The smallest absolute Gasteiger partial charge is 0.309 e. The summed E-state index contributed by atoms with van der Waals surface area (Å²) < 4.78 is 0. The lowest BCUT2D eigenvalue weighted by Crippen LogP contribution is -2.12. The Morgan fingerprint density at radius 1 is 0.829 bits per heavy atom. The number of para-hydroxylation sites is 1. The summed E-state index contributed by atoms with van der Waals surface area (Å²) in [6, 6.07) is 28.2. The van der Waals surface area contributed by atoms with Crippen molar-refractivity contribution in [3.05, 3.63) is 108 Å². The Kier molecular flexibility index (Phi) is 8.73. The number of benzene rings is 4. The molecule has 0 heterocycles. The molecule has 178 valence electrons. The van der Waals surface area contributed by atoms with Crippen LogP contribution in [0.2, 0.25) is 0 Å². The van der Waals surface area contributed by atoms with E-state index in [9.17, 15) is 9.59 Å². The van der Waals surface area contributed by atoms with Gasteiger partial charge in [-0.15, -0.1) is 0 Å². The van der Waals surface area contributed by atoms with Crippen LogP contribution in [0.15, 0.2) is 91.0 Å². The van der Waals surface area contributed by atoms with Crippen LogP contribution in [0.25, 0.3) is 10.8 Å². The van der Waals surface area contributed by atoms with Crippen molar-refractivity contribution in [1.29, 1.82) is 5.41 Å². The molecule has 0 aliphatic rings. The third kappa shape index (κ3) is 6.77. The molecule has 0 spiro atoms. The summed E-state index contributed by atoms with van der Waals surface area (Å²) in [5.41, 5.74) is 3.60. The first-order valence-electron chi connectivity index (χ1n) is 11.5. The van der Waals surface area contributed by atoms with E-state index in [-0.39, 0.29) is 18.0 Å². The molecule has 6 heteroatoms. The number of rotatable bonds is 8. The number of hydrogen-bond acceptors (Lipinski definition) is 4. The van der Waals surface area contributed by atoms with Gasteiger partial charge in [0.2, 0.25) is 0 Å². The van der Waals surface area contributed by atoms with Crippen LogP contribution in [0, 0.1) is 5.41 Å². The highest BCUT2D eigenvalue weighted by Gasteiger charge is 2.11. The standard InChI is InChI=1S/C27H23N3O3.C2H6/c28-24(16-26(31)32)23-7-3-4-8-25(23)29-17-18-9-13-22(14-10-18)30-27(33)21-12-11-19-5-1-2-6-20(19)15-21;1-2/h1-15,28-29H,16-17H2,(H,30,33)(H,31,32);1-2H3. The van der Waals surface area contributed by atoms with E-state index in [1.54, 1.807) is 12.1 Å². The van der Waals surface area contributed by atoms with E-state index >= 15 is 0 Å². The highest BCUT2D eigenvalue weighted by Crippen LogP contribution is 2.20. The van der Waals surface area contributed by atoms with E-state index in [4.69, 9.17) is 10.5 Å². The number of carboxylic acids is 1. The van der Waals surface area contributed by atoms with Crippen LogP contribution in [0.1, 0.15) is 41.8 Å². The zero-order chi connectivity index (χ0) is 25.2. The molecular weight excluding hydrogens is 438 g/mol. The fraction of sp³-hybridized carbons (Fsp3) is 0.138. The largest absolute Gasteiger partial charge is 0.481 e. The molecule has 0 unspecified atom stereocenters. The molecular formula is C29H29N3O3. The monoisotopic (exact) mass is 467 g/mol. The molecule has 0 atom stereocenters. The quantitative estimate of drug-likeness (QED) is 0.220. The summed E-state index contributed by atoms with van der Waals surface area (Å²) in [6.07, 6.45) is -0.329. The molecule has 0 aliphatic heterocycles. The fourth-order valence-electron chi connectivity index (χ4n) is 3.58. The second-order valence-electron chi connectivity index (χ2n) is 7.66. The number of nitrogens with one attached hydrogen (secondary N) is 3. The van der Waals surface area contributed by atoms with Crippen LogP contribution in [0.4, 0.5) is 11.4 Å². The van der Waals surface area contributed by atoms with Gasteiger partial charge in [-0.2, -0.15) is 0 Å². The van der Waals surface area contributed by atoms with E-state index in [2.05, 4.69) is 10.6 Å². The first kappa shape index (κ1) is 25.2. The predicted octanol–water partition coefficient (Wildman–Crippen LogP) is 6.57. The Bertz CT molecular complexity index is 1330. The number of carboxylic acid groups (broad SMARTS) is 1. The maximum Gasteiger partial charge on any atom is 0.309 e. The number of anilines is 2. The second kappa shape index (κ2) is 12.1. The maximum absolute atomic E-state index is 12.6. The average Bonchev–Trinajstić information content (AvgIpc) is 2.89. The molecule has 0 saturated heterocycles. The lowest BCUT2D eigenvalue weighted by molar-refractivity contribution is -0.135. The number of fused-ring (bicyclic) bond motifs is 1. The molecule has 0 aliphatic carbocycles. The van der Waals surface area contributed by atoms with Gasteiger partial charge in [-0.3, -0.25) is 9.59 Å². The Hall–Kier alpha value is -4.45. The summed E-state index contributed by atoms with van der Waals surface area (Å²) in [5.74, 6) is -1.20. The first-order valence-corrected chi connectivity index (χ1v) is 11.5. The minimum absolute atomic E-state index is 0.0531. The van der Waals surface area contributed by atoms with Crippen molar-refractivity contribution in [3.63, 3.8) is 0 Å². The van der Waals surface area contributed by atoms with E-state index in [1.807, 2.05) is 92.7 Å². The predicted molar refractivity (Wildman–Crippen MR) is 143 cm³/mol. The normalized spacial score (nSPS) is 10.1. The molecule has 6 nitrogen and oxygen atoms in total. The topological polar surface area (TPSA) is 102 Å². The fourth-order valence-corrected chi connectivity index (χ4v) is 3.58. The van der Waals surface area contributed by atoms with Crippen molar-refractivity contribution in [2.24, 2.45) is 0 Å². The second-order valence-corrected chi connectivity index (χ2v) is 7.66. The van der Waals surface area contributed by atoms with Gasteiger partial charge in [-0.1, -0.05) is 74.5 Å². The molecule has 35 heavy (non-hydrogen) atoms. The molecule has 0 radical (unpaired) electrons. The molecule has 1 amide bonds. The van der Waals surface area contributed by atoms with E-state index < -0.39 is 5.97 Å². The van der Waals surface area contributed by atoms with Gasteiger partial charge in [-0.25, -0.2) is 0 Å². The summed E-state index contributed by atoms with van der Waals surface area (Å²) >= 11 is 0. The summed E-state index contributed by atoms with van der Waals surface area (Å²) in [7, 11) is 0. The van der Waals surface area contributed by atoms with Gasteiger partial charge in [0.05, 0.1) is 12.1 Å². The van der Waals surface area contributed by atoms with Crippen molar-refractivity contribution >= 4 is 39.7 Å².